The van der Waals surface area contributed by atoms with Crippen molar-refractivity contribution in [3.63, 3.8) is 0 Å². The molecule has 0 aromatic heterocycles. The first kappa shape index (κ1) is 78.7. The largest absolute Gasteiger partial charge is 0.390 e. The fourth-order valence-corrected chi connectivity index (χ4v) is 11.5. The van der Waals surface area contributed by atoms with E-state index in [1.807, 2.05) is 0 Å². The van der Waals surface area contributed by atoms with Gasteiger partial charge in [-0.2, -0.15) is 0 Å². The highest BCUT2D eigenvalue weighted by molar-refractivity contribution is 5.76. The Morgan fingerprint density at radius 1 is 0.287 bits per heavy atom. The summed E-state index contributed by atoms with van der Waals surface area (Å²) in [5, 5.41) is 35.7. The Kier molecular flexibility index (Phi) is 65.7. The van der Waals surface area contributed by atoms with Crippen molar-refractivity contribution < 1.29 is 19.8 Å². The van der Waals surface area contributed by atoms with Gasteiger partial charge >= 0.3 is 0 Å². The number of carbonyl (C=O) groups excluding carboxylic acids is 2. The normalized spacial score (nSPS) is 12.6. The van der Waals surface area contributed by atoms with Crippen LogP contribution in [0.25, 0.3) is 0 Å². The van der Waals surface area contributed by atoms with Crippen LogP contribution in [0.5, 0.6) is 0 Å². The first-order valence-electron chi connectivity index (χ1n) is 36.1. The zero-order valence-corrected chi connectivity index (χ0v) is 54.6. The number of nitrogens with one attached hydrogen (secondary N) is 4. The highest BCUT2D eigenvalue weighted by Crippen LogP contribution is 2.16. The Balaban J connectivity index is 4.97. The molecule has 0 spiro atoms. The first-order chi connectivity index (χ1) is 39.4. The molecule has 478 valence electrons. The van der Waals surface area contributed by atoms with Crippen molar-refractivity contribution in [2.24, 2.45) is 0 Å². The van der Waals surface area contributed by atoms with E-state index >= 15 is 0 Å². The Labute approximate surface area is 500 Å². The number of hydrogen-bond donors (Lipinski definition) is 6. The molecule has 0 bridgehead atoms. The van der Waals surface area contributed by atoms with Crippen LogP contribution < -0.4 is 21.3 Å². The lowest BCUT2D eigenvalue weighted by Gasteiger charge is -2.27. The monoisotopic (exact) mass is 1130 g/mol. The molecule has 2 atom stereocenters. The molecule has 0 radical (unpaired) electrons. The summed E-state index contributed by atoms with van der Waals surface area (Å²) in [7, 11) is 0. The standard InChI is InChI=1S/C70H144N6O4/c1-5-9-13-17-21-25-29-31-35-39-43-47-59-75(65-67(77)63-71-55-51-53-69(79)73-57-45-41-37-33-27-23-19-15-11-7-3)61-49-50-62-76(60-48-44-40-36-32-30-26-22-18-14-10-6-2)66-68(78)64-72-56-52-54-70(80)74-58-46-42-38-34-28-24-20-16-12-8-4/h67-68,71-72,77-78H,5-66H2,1-4H3,(H,73,79)(H,74,80). The predicted octanol–water partition coefficient (Wildman–Crippen LogP) is 17.3. The average Bonchev–Trinajstić information content (AvgIpc) is 3.45. The van der Waals surface area contributed by atoms with Gasteiger partial charge in [0.05, 0.1) is 12.2 Å². The number of unbranched alkanes of at least 4 members (excludes halogenated alkanes) is 41. The smallest absolute Gasteiger partial charge is 0.220 e. The average molecular weight is 1130 g/mol. The van der Waals surface area contributed by atoms with Crippen molar-refractivity contribution in [3.05, 3.63) is 0 Å². The summed E-state index contributed by atoms with van der Waals surface area (Å²) < 4.78 is 0. The molecule has 0 aliphatic rings. The highest BCUT2D eigenvalue weighted by atomic mass is 16.3. The van der Waals surface area contributed by atoms with Gasteiger partial charge in [-0.15, -0.1) is 0 Å². The molecule has 0 aromatic carbocycles. The summed E-state index contributed by atoms with van der Waals surface area (Å²) in [6.07, 6.45) is 62.3. The van der Waals surface area contributed by atoms with E-state index in [9.17, 15) is 19.8 Å². The van der Waals surface area contributed by atoms with Gasteiger partial charge in [0.15, 0.2) is 0 Å². The second-order valence-corrected chi connectivity index (χ2v) is 25.1. The van der Waals surface area contributed by atoms with Crippen LogP contribution in [0, 0.1) is 0 Å². The lowest BCUT2D eigenvalue weighted by atomic mass is 10.1. The zero-order valence-electron chi connectivity index (χ0n) is 54.6. The van der Waals surface area contributed by atoms with Crippen LogP contribution in [-0.2, 0) is 9.59 Å². The van der Waals surface area contributed by atoms with Crippen molar-refractivity contribution in [2.45, 2.75) is 361 Å². The van der Waals surface area contributed by atoms with Crippen LogP contribution in [0.2, 0.25) is 0 Å². The van der Waals surface area contributed by atoms with Crippen molar-refractivity contribution >= 4 is 11.8 Å². The molecule has 0 aliphatic heterocycles. The molecular formula is C70H144N6O4. The van der Waals surface area contributed by atoms with E-state index in [4.69, 9.17) is 0 Å². The van der Waals surface area contributed by atoms with Crippen molar-refractivity contribution in [3.8, 4) is 0 Å². The second kappa shape index (κ2) is 66.8. The topological polar surface area (TPSA) is 129 Å². The van der Waals surface area contributed by atoms with Crippen LogP contribution in [0.4, 0.5) is 0 Å². The van der Waals surface area contributed by atoms with Crippen LogP contribution in [-0.4, -0.2) is 123 Å². The molecule has 10 heteroatoms. The quantitative estimate of drug-likeness (QED) is 0.0332. The zero-order chi connectivity index (χ0) is 58.1. The van der Waals surface area contributed by atoms with Crippen molar-refractivity contribution in [1.82, 2.24) is 31.1 Å². The van der Waals surface area contributed by atoms with Gasteiger partial charge in [0.2, 0.25) is 11.8 Å². The molecule has 2 unspecified atom stereocenters. The van der Waals surface area contributed by atoms with E-state index in [1.165, 1.54) is 270 Å². The summed E-state index contributed by atoms with van der Waals surface area (Å²) in [5.41, 5.74) is 0. The summed E-state index contributed by atoms with van der Waals surface area (Å²) in [5.74, 6) is 0.302. The van der Waals surface area contributed by atoms with Crippen LogP contribution in [0.15, 0.2) is 0 Å². The van der Waals surface area contributed by atoms with Crippen molar-refractivity contribution in [2.75, 3.05) is 78.5 Å². The molecule has 10 nitrogen and oxygen atoms in total. The van der Waals surface area contributed by atoms with Gasteiger partial charge in [-0.25, -0.2) is 0 Å². The third kappa shape index (κ3) is 62.7. The Morgan fingerprint density at radius 2 is 0.500 bits per heavy atom. The minimum absolute atomic E-state index is 0.151. The summed E-state index contributed by atoms with van der Waals surface area (Å²) in [4.78, 5) is 30.0. The maximum absolute atomic E-state index is 12.5. The van der Waals surface area contributed by atoms with E-state index in [0.717, 1.165) is 90.9 Å². The summed E-state index contributed by atoms with van der Waals surface area (Å²) in [6, 6.07) is 0. The highest BCUT2D eigenvalue weighted by Gasteiger charge is 2.15. The number of carbonyl (C=O) groups is 2. The van der Waals surface area contributed by atoms with E-state index in [0.29, 0.717) is 39.0 Å². The maximum Gasteiger partial charge on any atom is 0.220 e. The van der Waals surface area contributed by atoms with Gasteiger partial charge in [-0.05, 0) is 90.6 Å². The first-order valence-corrected chi connectivity index (χ1v) is 36.1. The fraction of sp³-hybridized carbons (Fsp3) is 0.971. The third-order valence-electron chi connectivity index (χ3n) is 16.8. The molecule has 2 amide bonds. The molecule has 6 N–H and O–H groups in total. The van der Waals surface area contributed by atoms with Gasteiger partial charge in [0, 0.05) is 52.1 Å². The van der Waals surface area contributed by atoms with Crippen LogP contribution in [0.3, 0.4) is 0 Å². The number of aliphatic hydroxyl groups excluding tert-OH is 2. The van der Waals surface area contributed by atoms with E-state index < -0.39 is 12.2 Å². The van der Waals surface area contributed by atoms with Gasteiger partial charge in [0.25, 0.3) is 0 Å². The molecule has 0 rings (SSSR count). The molecule has 0 aliphatic carbocycles. The molecule has 0 saturated carbocycles. The fourth-order valence-electron chi connectivity index (χ4n) is 11.5. The third-order valence-corrected chi connectivity index (χ3v) is 16.8. The molecule has 0 heterocycles. The summed E-state index contributed by atoms with van der Waals surface area (Å²) >= 11 is 0. The van der Waals surface area contributed by atoms with E-state index in [1.54, 1.807) is 0 Å². The Morgan fingerprint density at radius 3 is 0.750 bits per heavy atom. The minimum Gasteiger partial charge on any atom is -0.390 e. The van der Waals surface area contributed by atoms with Crippen molar-refractivity contribution in [1.29, 1.82) is 0 Å². The Bertz CT molecular complexity index is 1120. The number of rotatable bonds is 69. The predicted molar refractivity (Wildman–Crippen MR) is 350 cm³/mol. The van der Waals surface area contributed by atoms with Crippen LogP contribution in [0.1, 0.15) is 349 Å². The minimum atomic E-state index is -0.439. The SMILES string of the molecule is CCCCCCCCCCCCCCN(CCCCN(CCCCCCCCCCCCCC)CC(O)CNCCCC(=O)NCCCCCCCCCCCC)CC(O)CNCCCC(=O)NCCCCCCCCCCCC. The maximum atomic E-state index is 12.5. The molecule has 0 aromatic rings. The van der Waals surface area contributed by atoms with Gasteiger partial charge in [-0.1, -0.05) is 285 Å². The lowest BCUT2D eigenvalue weighted by Crippen LogP contribution is -2.41. The molecule has 80 heavy (non-hydrogen) atoms. The number of nitrogens with zero attached hydrogens (tertiary/aromatic N) is 2. The van der Waals surface area contributed by atoms with Gasteiger partial charge in [0.1, 0.15) is 0 Å². The molecule has 0 saturated heterocycles. The lowest BCUT2D eigenvalue weighted by molar-refractivity contribution is -0.122. The van der Waals surface area contributed by atoms with Gasteiger partial charge in [-0.3, -0.25) is 9.59 Å². The van der Waals surface area contributed by atoms with Crippen LogP contribution >= 0.6 is 0 Å². The molecular weight excluding hydrogens is 989 g/mol. The van der Waals surface area contributed by atoms with Gasteiger partial charge < -0.3 is 41.3 Å². The Hall–Kier alpha value is -1.30. The second-order valence-electron chi connectivity index (χ2n) is 25.1. The number of hydrogen-bond acceptors (Lipinski definition) is 8. The number of amides is 2. The van der Waals surface area contributed by atoms with E-state index in [2.05, 4.69) is 58.8 Å². The number of aliphatic hydroxyl groups is 2. The molecule has 0 fully saturated rings. The summed E-state index contributed by atoms with van der Waals surface area (Å²) in [6.45, 7) is 18.7. The van der Waals surface area contributed by atoms with E-state index in [-0.39, 0.29) is 11.8 Å².